The number of thioether (sulfide) groups is 1. The van der Waals surface area contributed by atoms with E-state index < -0.39 is 5.25 Å². The topological polar surface area (TPSA) is 60.9 Å². The smallest absolute Gasteiger partial charge is 0.235 e. The number of primary amides is 1. The van der Waals surface area contributed by atoms with E-state index in [1.54, 1.807) is 0 Å². The summed E-state index contributed by atoms with van der Waals surface area (Å²) in [7, 11) is 0. The molecule has 5 atom stereocenters. The Morgan fingerprint density at radius 3 is 2.56 bits per heavy atom. The van der Waals surface area contributed by atoms with E-state index in [0.717, 1.165) is 34.2 Å². The molecule has 1 aromatic heterocycles. The van der Waals surface area contributed by atoms with Crippen molar-refractivity contribution in [1.82, 2.24) is 9.55 Å². The van der Waals surface area contributed by atoms with E-state index in [0.29, 0.717) is 6.04 Å². The molecule has 2 aliphatic carbocycles. The molecule has 0 radical (unpaired) electrons. The van der Waals surface area contributed by atoms with Gasteiger partial charge in [-0.1, -0.05) is 48.5 Å². The molecule has 0 saturated heterocycles. The molecule has 0 unspecified atom stereocenters. The van der Waals surface area contributed by atoms with Crippen LogP contribution in [0.3, 0.4) is 0 Å². The van der Waals surface area contributed by atoms with Crippen LogP contribution in [-0.4, -0.2) is 15.5 Å². The average Bonchev–Trinajstić information content (AvgIpc) is 3.35. The second-order valence-corrected chi connectivity index (χ2v) is 9.40. The number of hydrogen-bond donors (Lipinski definition) is 1. The predicted octanol–water partition coefficient (Wildman–Crippen LogP) is 4.82. The lowest BCUT2D eigenvalue weighted by Gasteiger charge is -2.31. The zero-order valence-electron chi connectivity index (χ0n) is 16.4. The maximum atomic E-state index is 12.2. The number of fused-ring (bicyclic) bond motifs is 2. The highest BCUT2D eigenvalue weighted by Gasteiger charge is 2.43. The quantitative estimate of drug-likeness (QED) is 0.728. The highest BCUT2D eigenvalue weighted by atomic mass is 32.2. The van der Waals surface area contributed by atoms with Gasteiger partial charge >= 0.3 is 0 Å². The Bertz CT molecular complexity index is 832. The number of amides is 1. The second-order valence-electron chi connectivity index (χ2n) is 8.33. The van der Waals surface area contributed by atoms with E-state index in [4.69, 9.17) is 10.7 Å². The van der Waals surface area contributed by atoms with E-state index in [9.17, 15) is 4.79 Å². The number of benzene rings is 1. The summed E-state index contributed by atoms with van der Waals surface area (Å²) in [6, 6.07) is 10.2. The summed E-state index contributed by atoms with van der Waals surface area (Å²) < 4.78 is 2.38. The lowest BCUT2D eigenvalue weighted by molar-refractivity contribution is -0.117. The van der Waals surface area contributed by atoms with Crippen molar-refractivity contribution in [2.45, 2.75) is 62.9 Å². The molecule has 4 rings (SSSR count). The summed E-state index contributed by atoms with van der Waals surface area (Å²) in [6.07, 6.45) is 5.53. The maximum absolute atomic E-state index is 12.2. The Morgan fingerprint density at radius 1 is 1.22 bits per heavy atom. The second kappa shape index (κ2) is 7.34. The third kappa shape index (κ3) is 3.42. The molecule has 2 bridgehead atoms. The minimum atomic E-state index is -0.418. The summed E-state index contributed by atoms with van der Waals surface area (Å²) in [4.78, 5) is 17.0. The standard InChI is InChI=1S/C22H29N3OS/c1-13-14(2)25(15(3)19-12-16-9-10-18(19)11-16)22(24-13)27-20(21(23)26)17-7-5-4-6-8-17/h4-8,15-16,18-20H,9-12H2,1-3H3,(H2,23,26)/t15-,16+,18+,19-,20+/m1/s1. The minimum Gasteiger partial charge on any atom is -0.368 e. The van der Waals surface area contributed by atoms with E-state index >= 15 is 0 Å². The fourth-order valence-electron chi connectivity index (χ4n) is 5.26. The summed E-state index contributed by atoms with van der Waals surface area (Å²) in [5, 5.41) is 0.506. The van der Waals surface area contributed by atoms with Gasteiger partial charge in [0.1, 0.15) is 5.25 Å². The number of aryl methyl sites for hydroxylation is 1. The van der Waals surface area contributed by atoms with Crippen LogP contribution in [0.1, 0.15) is 60.9 Å². The molecular formula is C22H29N3OS. The van der Waals surface area contributed by atoms with Gasteiger partial charge in [-0.3, -0.25) is 4.79 Å². The first-order valence-corrected chi connectivity index (χ1v) is 10.9. The third-order valence-electron chi connectivity index (χ3n) is 6.76. The summed E-state index contributed by atoms with van der Waals surface area (Å²) in [5.41, 5.74) is 8.96. The van der Waals surface area contributed by atoms with Crippen LogP contribution >= 0.6 is 11.8 Å². The van der Waals surface area contributed by atoms with Crippen molar-refractivity contribution in [2.75, 3.05) is 0 Å². The van der Waals surface area contributed by atoms with Crippen LogP contribution in [-0.2, 0) is 4.79 Å². The van der Waals surface area contributed by atoms with Gasteiger partial charge in [0.25, 0.3) is 0 Å². The van der Waals surface area contributed by atoms with Crippen molar-refractivity contribution in [2.24, 2.45) is 23.5 Å². The molecule has 0 spiro atoms. The molecule has 1 heterocycles. The molecule has 1 amide bonds. The van der Waals surface area contributed by atoms with Gasteiger partial charge in [0.2, 0.25) is 5.91 Å². The number of imidazole rings is 1. The first-order chi connectivity index (χ1) is 13.0. The van der Waals surface area contributed by atoms with Gasteiger partial charge in [-0.25, -0.2) is 4.98 Å². The van der Waals surface area contributed by atoms with Gasteiger partial charge in [0.15, 0.2) is 5.16 Å². The summed E-state index contributed by atoms with van der Waals surface area (Å²) in [5.74, 6) is 2.18. The third-order valence-corrected chi connectivity index (χ3v) is 8.00. The lowest BCUT2D eigenvalue weighted by Crippen LogP contribution is -2.24. The Balaban J connectivity index is 1.65. The molecular weight excluding hydrogens is 354 g/mol. The number of hydrogen-bond acceptors (Lipinski definition) is 3. The van der Waals surface area contributed by atoms with Crippen molar-refractivity contribution >= 4 is 17.7 Å². The zero-order chi connectivity index (χ0) is 19.1. The lowest BCUT2D eigenvalue weighted by atomic mass is 9.84. The molecule has 2 aromatic rings. The molecule has 144 valence electrons. The van der Waals surface area contributed by atoms with Crippen LogP contribution < -0.4 is 5.73 Å². The fourth-order valence-corrected chi connectivity index (χ4v) is 6.49. The minimum absolute atomic E-state index is 0.316. The molecule has 0 aliphatic heterocycles. The van der Waals surface area contributed by atoms with Gasteiger partial charge in [-0.05, 0) is 63.4 Å². The number of nitrogens with two attached hydrogens (primary N) is 1. The maximum Gasteiger partial charge on any atom is 0.235 e. The molecule has 2 saturated carbocycles. The van der Waals surface area contributed by atoms with Crippen LogP contribution in [0.15, 0.2) is 35.5 Å². The normalized spacial score (nSPS) is 26.3. The average molecular weight is 384 g/mol. The van der Waals surface area contributed by atoms with Crippen molar-refractivity contribution in [3.63, 3.8) is 0 Å². The Morgan fingerprint density at radius 2 is 1.96 bits per heavy atom. The van der Waals surface area contributed by atoms with Gasteiger partial charge in [-0.2, -0.15) is 0 Å². The van der Waals surface area contributed by atoms with Gasteiger partial charge in [0.05, 0.1) is 5.69 Å². The Labute approximate surface area is 165 Å². The van der Waals surface area contributed by atoms with Gasteiger partial charge in [-0.15, -0.1) is 0 Å². The van der Waals surface area contributed by atoms with Crippen LogP contribution in [0.25, 0.3) is 0 Å². The summed E-state index contributed by atoms with van der Waals surface area (Å²) in [6.45, 7) is 6.55. The van der Waals surface area contributed by atoms with E-state index in [1.165, 1.54) is 43.1 Å². The number of aromatic nitrogens is 2. The van der Waals surface area contributed by atoms with Crippen LogP contribution in [0.4, 0.5) is 0 Å². The number of nitrogens with zero attached hydrogens (tertiary/aromatic N) is 2. The highest BCUT2D eigenvalue weighted by Crippen LogP contribution is 2.53. The molecule has 2 aliphatic rings. The first-order valence-electron chi connectivity index (χ1n) is 10.0. The number of rotatable bonds is 6. The molecule has 4 nitrogen and oxygen atoms in total. The summed E-state index contributed by atoms with van der Waals surface area (Å²) >= 11 is 1.50. The number of carbonyl (C=O) groups excluding carboxylic acids is 1. The molecule has 27 heavy (non-hydrogen) atoms. The number of carbonyl (C=O) groups is 1. The van der Waals surface area contributed by atoms with E-state index in [1.807, 2.05) is 30.3 Å². The van der Waals surface area contributed by atoms with Crippen LogP contribution in [0, 0.1) is 31.6 Å². The zero-order valence-corrected chi connectivity index (χ0v) is 17.2. The molecule has 2 N–H and O–H groups in total. The van der Waals surface area contributed by atoms with Crippen LogP contribution in [0.5, 0.6) is 0 Å². The van der Waals surface area contributed by atoms with E-state index in [-0.39, 0.29) is 5.91 Å². The van der Waals surface area contributed by atoms with Gasteiger partial charge in [0, 0.05) is 11.7 Å². The predicted molar refractivity (Wildman–Crippen MR) is 110 cm³/mol. The molecule has 5 heteroatoms. The largest absolute Gasteiger partial charge is 0.368 e. The molecule has 1 aromatic carbocycles. The van der Waals surface area contributed by atoms with E-state index in [2.05, 4.69) is 25.3 Å². The Kier molecular flexibility index (Phi) is 5.06. The van der Waals surface area contributed by atoms with Gasteiger partial charge < -0.3 is 10.3 Å². The first kappa shape index (κ1) is 18.6. The molecule has 2 fully saturated rings. The SMILES string of the molecule is Cc1nc(S[C@H](C(N)=O)c2ccccc2)n([C@H](C)[C@H]2C[C@H]3CC[C@H]2C3)c1C. The fraction of sp³-hybridized carbons (Fsp3) is 0.545. The van der Waals surface area contributed by atoms with Crippen molar-refractivity contribution in [3.05, 3.63) is 47.3 Å². The Hall–Kier alpha value is -1.75. The van der Waals surface area contributed by atoms with Crippen molar-refractivity contribution in [3.8, 4) is 0 Å². The monoisotopic (exact) mass is 383 g/mol. The van der Waals surface area contributed by atoms with Crippen molar-refractivity contribution < 1.29 is 4.79 Å². The highest BCUT2D eigenvalue weighted by molar-refractivity contribution is 8.00. The van der Waals surface area contributed by atoms with Crippen LogP contribution in [0.2, 0.25) is 0 Å². The van der Waals surface area contributed by atoms with Crippen molar-refractivity contribution in [1.29, 1.82) is 0 Å².